The van der Waals surface area contributed by atoms with Crippen molar-refractivity contribution < 1.29 is 9.53 Å². The second-order valence-electron chi connectivity index (χ2n) is 4.25. The molecular formula is C10H19O2. The van der Waals surface area contributed by atoms with Crippen LogP contribution >= 0.6 is 0 Å². The van der Waals surface area contributed by atoms with Gasteiger partial charge in [0, 0.05) is 0 Å². The van der Waals surface area contributed by atoms with Gasteiger partial charge in [-0.2, -0.15) is 0 Å². The molecule has 0 aliphatic rings. The summed E-state index contributed by atoms with van der Waals surface area (Å²) in [6, 6.07) is 0. The van der Waals surface area contributed by atoms with E-state index < -0.39 is 0 Å². The van der Waals surface area contributed by atoms with Crippen LogP contribution in [0.25, 0.3) is 0 Å². The second kappa shape index (κ2) is 5.18. The molecule has 0 rings (SSSR count). The molecule has 0 aliphatic heterocycles. The summed E-state index contributed by atoms with van der Waals surface area (Å²) < 4.78 is 4.64. The van der Waals surface area contributed by atoms with E-state index in [0.29, 0.717) is 12.5 Å². The van der Waals surface area contributed by atoms with Gasteiger partial charge in [-0.1, -0.05) is 34.1 Å². The number of rotatable bonds is 6. The minimum absolute atomic E-state index is 0.0901. The zero-order valence-corrected chi connectivity index (χ0v) is 8.52. The van der Waals surface area contributed by atoms with Gasteiger partial charge in [0.1, 0.15) is 0 Å². The van der Waals surface area contributed by atoms with Crippen LogP contribution in [0.5, 0.6) is 0 Å². The maximum Gasteiger partial charge on any atom is 0.417 e. The lowest BCUT2D eigenvalue weighted by Crippen LogP contribution is -2.21. The van der Waals surface area contributed by atoms with Crippen molar-refractivity contribution in [2.75, 3.05) is 6.61 Å². The van der Waals surface area contributed by atoms with Gasteiger partial charge in [0.2, 0.25) is 0 Å². The van der Waals surface area contributed by atoms with E-state index in [4.69, 9.17) is 0 Å². The molecule has 1 atom stereocenters. The summed E-state index contributed by atoms with van der Waals surface area (Å²) in [7, 11) is 0. The van der Waals surface area contributed by atoms with Gasteiger partial charge in [-0.05, 0) is 17.8 Å². The molecule has 0 aromatic heterocycles. The summed E-state index contributed by atoms with van der Waals surface area (Å²) in [5.41, 5.74) is 0.0901. The van der Waals surface area contributed by atoms with E-state index in [2.05, 4.69) is 32.4 Å². The van der Waals surface area contributed by atoms with Gasteiger partial charge in [-0.3, -0.25) is 0 Å². The molecule has 0 fully saturated rings. The topological polar surface area (TPSA) is 26.3 Å². The van der Waals surface area contributed by atoms with Crippen molar-refractivity contribution in [3.05, 3.63) is 0 Å². The van der Waals surface area contributed by atoms with E-state index in [1.54, 1.807) is 0 Å². The smallest absolute Gasteiger partial charge is 0.417 e. The predicted octanol–water partition coefficient (Wildman–Crippen LogP) is 2.53. The van der Waals surface area contributed by atoms with Gasteiger partial charge in [0.15, 0.2) is 0 Å². The van der Waals surface area contributed by atoms with Gasteiger partial charge >= 0.3 is 6.47 Å². The fraction of sp³-hybridized carbons (Fsp3) is 0.900. The Balaban J connectivity index is 3.76. The van der Waals surface area contributed by atoms with E-state index in [-0.39, 0.29) is 5.41 Å². The first kappa shape index (κ1) is 11.5. The summed E-state index contributed by atoms with van der Waals surface area (Å²) in [5.74, 6) is 0.690. The van der Waals surface area contributed by atoms with Gasteiger partial charge in [0.25, 0.3) is 0 Å². The van der Waals surface area contributed by atoms with Gasteiger partial charge < -0.3 is 4.74 Å². The predicted molar refractivity (Wildman–Crippen MR) is 49.5 cm³/mol. The summed E-state index contributed by atoms with van der Waals surface area (Å²) in [5, 5.41) is 0. The van der Waals surface area contributed by atoms with Crippen LogP contribution in [0.2, 0.25) is 0 Å². The Hall–Kier alpha value is -0.530. The number of hydrogen-bond acceptors (Lipinski definition) is 2. The van der Waals surface area contributed by atoms with E-state index in [9.17, 15) is 4.79 Å². The molecule has 0 heterocycles. The average molecular weight is 171 g/mol. The monoisotopic (exact) mass is 171 g/mol. The maximum absolute atomic E-state index is 9.86. The van der Waals surface area contributed by atoms with Crippen molar-refractivity contribution in [2.24, 2.45) is 11.3 Å². The van der Waals surface area contributed by atoms with Crippen LogP contribution in [0.4, 0.5) is 0 Å². The first-order chi connectivity index (χ1) is 5.52. The highest BCUT2D eigenvalue weighted by Gasteiger charge is 2.21. The molecule has 0 aromatic carbocycles. The highest BCUT2D eigenvalue weighted by molar-refractivity contribution is 5.38. The summed E-state index contributed by atoms with van der Waals surface area (Å²) >= 11 is 0. The minimum Gasteiger partial charge on any atom is -0.457 e. The molecule has 0 bridgehead atoms. The normalized spacial score (nSPS) is 14.0. The van der Waals surface area contributed by atoms with Crippen molar-refractivity contribution in [3.63, 3.8) is 0 Å². The molecule has 0 N–H and O–H groups in total. The third-order valence-electron chi connectivity index (χ3n) is 2.12. The average Bonchev–Trinajstić information content (AvgIpc) is 2.00. The van der Waals surface area contributed by atoms with E-state index >= 15 is 0 Å². The number of carbonyl (C=O) groups excluding carboxylic acids is 1. The van der Waals surface area contributed by atoms with Crippen molar-refractivity contribution in [1.82, 2.24) is 0 Å². The molecule has 12 heavy (non-hydrogen) atoms. The molecule has 0 saturated heterocycles. The number of ether oxygens (including phenoxy) is 1. The van der Waals surface area contributed by atoms with Crippen LogP contribution in [0.1, 0.15) is 40.5 Å². The third-order valence-corrected chi connectivity index (χ3v) is 2.12. The molecular weight excluding hydrogens is 152 g/mol. The summed E-state index contributed by atoms with van der Waals surface area (Å²) in [4.78, 5) is 9.86. The van der Waals surface area contributed by atoms with E-state index in [1.807, 2.05) is 0 Å². The highest BCUT2D eigenvalue weighted by atomic mass is 16.5. The van der Waals surface area contributed by atoms with Crippen LogP contribution in [0.15, 0.2) is 0 Å². The van der Waals surface area contributed by atoms with Gasteiger partial charge in [-0.25, -0.2) is 4.79 Å². The first-order valence-corrected chi connectivity index (χ1v) is 4.50. The third kappa shape index (κ3) is 5.16. The van der Waals surface area contributed by atoms with Crippen molar-refractivity contribution >= 4 is 6.47 Å². The zero-order chi connectivity index (χ0) is 9.61. The fourth-order valence-electron chi connectivity index (χ4n) is 1.37. The molecule has 1 radical (unpaired) electrons. The van der Waals surface area contributed by atoms with Crippen LogP contribution in [0.3, 0.4) is 0 Å². The van der Waals surface area contributed by atoms with Crippen LogP contribution in [-0.2, 0) is 9.53 Å². The molecule has 0 aliphatic carbocycles. The van der Waals surface area contributed by atoms with E-state index in [1.165, 1.54) is 12.9 Å². The highest BCUT2D eigenvalue weighted by Crippen LogP contribution is 2.26. The van der Waals surface area contributed by atoms with Crippen LogP contribution in [0, 0.1) is 11.3 Å². The maximum atomic E-state index is 9.86. The Morgan fingerprint density at radius 1 is 1.50 bits per heavy atom. The first-order valence-electron chi connectivity index (χ1n) is 4.50. The largest absolute Gasteiger partial charge is 0.457 e. The van der Waals surface area contributed by atoms with Gasteiger partial charge in [0.05, 0.1) is 6.61 Å². The molecule has 2 nitrogen and oxygen atoms in total. The zero-order valence-electron chi connectivity index (χ0n) is 8.52. The Labute approximate surface area is 75.3 Å². The minimum atomic E-state index is 0.0901. The van der Waals surface area contributed by atoms with E-state index in [0.717, 1.165) is 6.42 Å². The van der Waals surface area contributed by atoms with Crippen molar-refractivity contribution in [1.29, 1.82) is 0 Å². The van der Waals surface area contributed by atoms with Crippen molar-refractivity contribution in [2.45, 2.75) is 40.5 Å². The summed E-state index contributed by atoms with van der Waals surface area (Å²) in [6.45, 7) is 10.5. The quantitative estimate of drug-likeness (QED) is 0.614. The molecule has 1 unspecified atom stereocenters. The number of hydrogen-bond donors (Lipinski definition) is 0. The summed E-state index contributed by atoms with van der Waals surface area (Å²) in [6.07, 6.45) is 2.26. The fourth-order valence-corrected chi connectivity index (χ4v) is 1.37. The molecule has 2 heteroatoms. The van der Waals surface area contributed by atoms with Crippen LogP contribution < -0.4 is 0 Å². The lowest BCUT2D eigenvalue weighted by molar-refractivity contribution is 0.135. The Bertz CT molecular complexity index is 130. The molecule has 0 saturated carbocycles. The molecule has 0 spiro atoms. The SMILES string of the molecule is CCC(C)CC(C)(C)CO[C]=O. The lowest BCUT2D eigenvalue weighted by Gasteiger charge is -2.25. The standard InChI is InChI=1S/C10H19O2/c1-5-9(2)6-10(3,4)7-12-8-11/h9H,5-7H2,1-4H3. The second-order valence-corrected chi connectivity index (χ2v) is 4.25. The molecule has 71 valence electrons. The Kier molecular flexibility index (Phi) is 4.95. The Morgan fingerprint density at radius 2 is 2.08 bits per heavy atom. The Morgan fingerprint density at radius 3 is 2.50 bits per heavy atom. The molecule has 0 amide bonds. The van der Waals surface area contributed by atoms with Crippen LogP contribution in [-0.4, -0.2) is 13.1 Å². The lowest BCUT2D eigenvalue weighted by atomic mass is 9.83. The van der Waals surface area contributed by atoms with Crippen molar-refractivity contribution in [3.8, 4) is 0 Å². The van der Waals surface area contributed by atoms with Gasteiger partial charge in [-0.15, -0.1) is 0 Å². The molecule has 0 aromatic rings.